The summed E-state index contributed by atoms with van der Waals surface area (Å²) in [6, 6.07) is 22.3. The van der Waals surface area contributed by atoms with Crippen LogP contribution in [0.2, 0.25) is 0 Å². The van der Waals surface area contributed by atoms with Gasteiger partial charge in [0.1, 0.15) is 0 Å². The molecule has 0 radical (unpaired) electrons. The van der Waals surface area contributed by atoms with Gasteiger partial charge < -0.3 is 10.4 Å². The topological polar surface area (TPSA) is 78.8 Å². The third-order valence-corrected chi connectivity index (χ3v) is 5.25. The van der Waals surface area contributed by atoms with E-state index in [-0.39, 0.29) is 35.5 Å². The monoisotopic (exact) mass is 506 g/mol. The molecule has 1 fully saturated rings. The van der Waals surface area contributed by atoms with Gasteiger partial charge >= 0.3 is 35.7 Å². The predicted molar refractivity (Wildman–Crippen MR) is 126 cm³/mol. The number of carbonyl (C=O) groups excluding carboxylic acids is 1. The molecule has 3 aromatic carbocycles. The molecule has 1 amide bonds. The van der Waals surface area contributed by atoms with E-state index in [9.17, 15) is 18.0 Å². The van der Waals surface area contributed by atoms with E-state index >= 15 is 0 Å². The first-order chi connectivity index (χ1) is 16.1. The second-order valence-electron chi connectivity index (χ2n) is 6.96. The molecule has 3 aromatic rings. The van der Waals surface area contributed by atoms with Gasteiger partial charge in [-0.15, -0.1) is 12.1 Å². The van der Waals surface area contributed by atoms with E-state index < -0.39 is 17.7 Å². The van der Waals surface area contributed by atoms with Gasteiger partial charge in [0.25, 0.3) is 11.9 Å². The average molecular weight is 506 g/mol. The fourth-order valence-corrected chi connectivity index (χ4v) is 3.67. The van der Waals surface area contributed by atoms with E-state index in [1.54, 1.807) is 30.3 Å². The minimum absolute atomic E-state index is 0. The van der Waals surface area contributed by atoms with E-state index in [2.05, 4.69) is 16.4 Å². The van der Waals surface area contributed by atoms with Crippen molar-refractivity contribution in [2.45, 2.75) is 13.1 Å². The fraction of sp³-hybridized carbons (Fsp3) is 0.0800. The molecule has 0 bridgehead atoms. The molecule has 4 rings (SSSR count). The van der Waals surface area contributed by atoms with Crippen LogP contribution in [0, 0.1) is 6.07 Å². The molecule has 1 aliphatic rings. The van der Waals surface area contributed by atoms with Gasteiger partial charge in [-0.25, -0.2) is 0 Å². The van der Waals surface area contributed by atoms with Crippen LogP contribution in [0.3, 0.4) is 0 Å². The van der Waals surface area contributed by atoms with E-state index in [0.29, 0.717) is 15.6 Å². The molecule has 0 unspecified atom stereocenters. The zero-order chi connectivity index (χ0) is 24.7. The maximum absolute atomic E-state index is 12.7. The molecule has 0 saturated carbocycles. The first-order valence-corrected chi connectivity index (χ1v) is 10.7. The molecule has 0 atom stereocenters. The first kappa shape index (κ1) is 28.4. The number of rotatable bonds is 3. The van der Waals surface area contributed by atoms with Crippen LogP contribution in [-0.2, 0) is 15.8 Å². The Balaban J connectivity index is 0.000000804. The standard InChI is InChI=1S/C23H14F3N2OS.C2H4O2.Na/c24-23(25,26)18-12-10-17(11-13-18)16-8-6-15(7-9-16)14-20-21(29)28-22(30-20)27-19-4-2-1-3-5-19;1-2(3)4;/h2-14H,(H,27,28,29);1H3,(H,3,4);/q-1;;+1. The van der Waals surface area contributed by atoms with Crippen molar-refractivity contribution in [3.63, 3.8) is 0 Å². The number of thioether (sulfide) groups is 1. The zero-order valence-electron chi connectivity index (χ0n) is 18.8. The van der Waals surface area contributed by atoms with Gasteiger partial charge in [-0.2, -0.15) is 31.4 Å². The van der Waals surface area contributed by atoms with Gasteiger partial charge in [-0.3, -0.25) is 14.6 Å². The molecule has 5 nitrogen and oxygen atoms in total. The molecule has 1 saturated heterocycles. The van der Waals surface area contributed by atoms with Crippen molar-refractivity contribution in [2.75, 3.05) is 0 Å². The number of aliphatic carboxylic acids is 1. The number of aliphatic imine (C=N–C) groups is 1. The van der Waals surface area contributed by atoms with E-state index in [1.807, 2.05) is 24.3 Å². The number of nitrogens with one attached hydrogen (secondary N) is 1. The largest absolute Gasteiger partial charge is 1.00 e. The van der Waals surface area contributed by atoms with Crippen molar-refractivity contribution >= 4 is 40.6 Å². The van der Waals surface area contributed by atoms with Crippen molar-refractivity contribution in [3.8, 4) is 11.1 Å². The van der Waals surface area contributed by atoms with E-state index in [1.165, 1.54) is 23.9 Å². The normalized spacial score (nSPS) is 15.1. The second kappa shape index (κ2) is 12.7. The van der Waals surface area contributed by atoms with Crippen molar-refractivity contribution in [2.24, 2.45) is 4.99 Å². The summed E-state index contributed by atoms with van der Waals surface area (Å²) in [6.45, 7) is 1.08. The number of carboxylic acids is 1. The molecule has 0 spiro atoms. The summed E-state index contributed by atoms with van der Waals surface area (Å²) in [6.07, 6.45) is -2.60. The van der Waals surface area contributed by atoms with Gasteiger partial charge in [0.05, 0.1) is 10.5 Å². The van der Waals surface area contributed by atoms with Crippen LogP contribution in [-0.4, -0.2) is 22.2 Å². The fourth-order valence-electron chi connectivity index (χ4n) is 2.83. The summed E-state index contributed by atoms with van der Waals surface area (Å²) in [4.78, 5) is 26.1. The summed E-state index contributed by atoms with van der Waals surface area (Å²) in [7, 11) is 0. The van der Waals surface area contributed by atoms with Gasteiger partial charge in [0.2, 0.25) is 0 Å². The Labute approximate surface area is 226 Å². The predicted octanol–water partition coefficient (Wildman–Crippen LogP) is 3.16. The number of hydrogen-bond donors (Lipinski definition) is 2. The van der Waals surface area contributed by atoms with Crippen molar-refractivity contribution in [3.05, 3.63) is 94.9 Å². The van der Waals surface area contributed by atoms with Gasteiger partial charge in [-0.1, -0.05) is 36.4 Å². The Hall–Kier alpha value is -2.85. The van der Waals surface area contributed by atoms with Gasteiger partial charge in [0.15, 0.2) is 5.17 Å². The molecule has 2 N–H and O–H groups in total. The van der Waals surface area contributed by atoms with Crippen LogP contribution < -0.4 is 34.9 Å². The van der Waals surface area contributed by atoms with Crippen LogP contribution in [0.15, 0.2) is 82.7 Å². The summed E-state index contributed by atoms with van der Waals surface area (Å²) < 4.78 is 38.1. The molecular formula is C25H18F3N2NaO3S. The number of benzene rings is 3. The number of alkyl halides is 3. The molecule has 174 valence electrons. The molecule has 1 heterocycles. The van der Waals surface area contributed by atoms with Crippen molar-refractivity contribution in [1.82, 2.24) is 5.32 Å². The number of carbonyl (C=O) groups is 2. The molecule has 0 aromatic heterocycles. The van der Waals surface area contributed by atoms with Gasteiger partial charge in [-0.05, 0) is 52.3 Å². The number of hydrogen-bond acceptors (Lipinski definition) is 4. The summed E-state index contributed by atoms with van der Waals surface area (Å²) in [5, 5.41) is 10.6. The third-order valence-electron chi connectivity index (χ3n) is 4.34. The summed E-state index contributed by atoms with van der Waals surface area (Å²) in [5.74, 6) is -1.06. The quantitative estimate of drug-likeness (QED) is 0.325. The molecule has 35 heavy (non-hydrogen) atoms. The Morgan fingerprint density at radius 1 is 1.00 bits per heavy atom. The van der Waals surface area contributed by atoms with Crippen LogP contribution in [0.4, 0.5) is 18.9 Å². The number of amidine groups is 1. The minimum atomic E-state index is -4.35. The molecule has 1 aliphatic heterocycles. The third kappa shape index (κ3) is 8.70. The number of amides is 1. The molecule has 10 heteroatoms. The zero-order valence-corrected chi connectivity index (χ0v) is 21.6. The van der Waals surface area contributed by atoms with Crippen LogP contribution in [0.25, 0.3) is 17.2 Å². The van der Waals surface area contributed by atoms with Crippen LogP contribution in [0.5, 0.6) is 0 Å². The number of halogens is 3. The van der Waals surface area contributed by atoms with E-state index in [0.717, 1.165) is 35.9 Å². The smallest absolute Gasteiger partial charge is 0.481 e. The maximum Gasteiger partial charge on any atom is 1.00 e. The number of carboxylic acid groups (broad SMARTS) is 1. The van der Waals surface area contributed by atoms with Crippen LogP contribution >= 0.6 is 11.8 Å². The SMILES string of the molecule is CC(=O)O.O=C1NC(=Nc2cc[c-]cc2)SC1=Cc1ccc(-c2ccc(C(F)(F)F)cc2)cc1.[Na+]. The van der Waals surface area contributed by atoms with Crippen LogP contribution in [0.1, 0.15) is 18.1 Å². The molecular weight excluding hydrogens is 488 g/mol. The number of nitrogens with zero attached hydrogens (tertiary/aromatic N) is 1. The van der Waals surface area contributed by atoms with Crippen molar-refractivity contribution in [1.29, 1.82) is 0 Å². The minimum Gasteiger partial charge on any atom is -0.481 e. The summed E-state index contributed by atoms with van der Waals surface area (Å²) in [5.41, 5.74) is 2.32. The Morgan fingerprint density at radius 2 is 1.51 bits per heavy atom. The maximum atomic E-state index is 12.7. The Bertz CT molecular complexity index is 1220. The van der Waals surface area contributed by atoms with Gasteiger partial charge in [0, 0.05) is 6.92 Å². The van der Waals surface area contributed by atoms with E-state index in [4.69, 9.17) is 9.90 Å². The Morgan fingerprint density at radius 3 is 2.03 bits per heavy atom. The van der Waals surface area contributed by atoms with Crippen molar-refractivity contribution < 1.29 is 57.4 Å². The second-order valence-corrected chi connectivity index (χ2v) is 7.99. The molecule has 0 aliphatic carbocycles. The summed E-state index contributed by atoms with van der Waals surface area (Å²) >= 11 is 1.25. The average Bonchev–Trinajstić information content (AvgIpc) is 3.12. The Kier molecular flexibility index (Phi) is 10.3. The first-order valence-electron chi connectivity index (χ1n) is 9.85.